The van der Waals surface area contributed by atoms with Crippen LogP contribution >= 0.6 is 12.2 Å². The monoisotopic (exact) mass is 294 g/mol. The van der Waals surface area contributed by atoms with Crippen LogP contribution in [0.5, 0.6) is 0 Å². The van der Waals surface area contributed by atoms with E-state index < -0.39 is 0 Å². The molecule has 4 rings (SSSR count). The molecule has 0 aromatic carbocycles. The minimum absolute atomic E-state index is 0.107. The van der Waals surface area contributed by atoms with E-state index in [9.17, 15) is 4.79 Å². The van der Waals surface area contributed by atoms with E-state index in [1.807, 2.05) is 18.9 Å². The fraction of sp³-hybridized carbons (Fsp3) is 0.875. The molecule has 4 aliphatic rings. The second kappa shape index (κ2) is 5.28. The summed E-state index contributed by atoms with van der Waals surface area (Å²) >= 11 is 5.02. The highest BCUT2D eigenvalue weighted by Gasteiger charge is 2.51. The van der Waals surface area contributed by atoms with Crippen molar-refractivity contribution in [3.8, 4) is 0 Å². The SMILES string of the molecule is CC(CN(C)C(=O)C1C2CC3CC(C2)CC1C3)C(N)=S. The molecule has 0 radical (unpaired) electrons. The first-order chi connectivity index (χ1) is 9.45. The van der Waals surface area contributed by atoms with Crippen molar-refractivity contribution < 1.29 is 4.79 Å². The van der Waals surface area contributed by atoms with Gasteiger partial charge in [-0.3, -0.25) is 4.79 Å². The summed E-state index contributed by atoms with van der Waals surface area (Å²) in [5, 5.41) is 0. The van der Waals surface area contributed by atoms with Crippen LogP contribution in [0.3, 0.4) is 0 Å². The first-order valence-electron chi connectivity index (χ1n) is 8.00. The van der Waals surface area contributed by atoms with Gasteiger partial charge in [-0.05, 0) is 55.8 Å². The van der Waals surface area contributed by atoms with Gasteiger partial charge in [-0.1, -0.05) is 19.1 Å². The van der Waals surface area contributed by atoms with Crippen molar-refractivity contribution >= 4 is 23.1 Å². The number of hydrogen-bond acceptors (Lipinski definition) is 2. The predicted molar refractivity (Wildman–Crippen MR) is 84.1 cm³/mol. The first kappa shape index (κ1) is 14.3. The Bertz CT molecular complexity index is 395. The predicted octanol–water partition coefficient (Wildman–Crippen LogP) is 2.44. The van der Waals surface area contributed by atoms with Crippen LogP contribution in [0.2, 0.25) is 0 Å². The van der Waals surface area contributed by atoms with E-state index in [4.69, 9.17) is 18.0 Å². The van der Waals surface area contributed by atoms with Crippen LogP contribution in [0.15, 0.2) is 0 Å². The highest BCUT2D eigenvalue weighted by molar-refractivity contribution is 7.80. The largest absolute Gasteiger partial charge is 0.393 e. The van der Waals surface area contributed by atoms with Crippen LogP contribution < -0.4 is 5.73 Å². The highest BCUT2D eigenvalue weighted by Crippen LogP contribution is 2.56. The Morgan fingerprint density at radius 3 is 2.15 bits per heavy atom. The lowest BCUT2D eigenvalue weighted by molar-refractivity contribution is -0.148. The molecule has 3 nitrogen and oxygen atoms in total. The lowest BCUT2D eigenvalue weighted by Crippen LogP contribution is -2.52. The molecule has 0 aromatic heterocycles. The van der Waals surface area contributed by atoms with Gasteiger partial charge in [-0.15, -0.1) is 0 Å². The molecule has 4 fully saturated rings. The Labute approximate surface area is 127 Å². The first-order valence-corrected chi connectivity index (χ1v) is 8.40. The van der Waals surface area contributed by atoms with Gasteiger partial charge in [0.25, 0.3) is 0 Å². The summed E-state index contributed by atoms with van der Waals surface area (Å²) in [5.74, 6) is 3.89. The summed E-state index contributed by atoms with van der Waals surface area (Å²) in [4.78, 5) is 15.2. The van der Waals surface area contributed by atoms with Gasteiger partial charge >= 0.3 is 0 Å². The molecule has 20 heavy (non-hydrogen) atoms. The van der Waals surface area contributed by atoms with Crippen molar-refractivity contribution in [3.63, 3.8) is 0 Å². The van der Waals surface area contributed by atoms with Crippen LogP contribution in [0, 0.1) is 35.5 Å². The van der Waals surface area contributed by atoms with Gasteiger partial charge < -0.3 is 10.6 Å². The molecule has 1 unspecified atom stereocenters. The molecule has 0 spiro atoms. The molecule has 2 N–H and O–H groups in total. The van der Waals surface area contributed by atoms with Gasteiger partial charge in [0.2, 0.25) is 5.91 Å². The van der Waals surface area contributed by atoms with E-state index >= 15 is 0 Å². The number of thiocarbonyl (C=S) groups is 1. The summed E-state index contributed by atoms with van der Waals surface area (Å²) in [6.45, 7) is 2.67. The fourth-order valence-electron chi connectivity index (χ4n) is 5.17. The molecule has 0 aliphatic heterocycles. The molecule has 1 amide bonds. The normalized spacial score (nSPS) is 39.6. The maximum atomic E-state index is 12.8. The summed E-state index contributed by atoms with van der Waals surface area (Å²) in [6, 6.07) is 0. The van der Waals surface area contributed by atoms with Gasteiger partial charge in [-0.2, -0.15) is 0 Å². The third-order valence-electron chi connectivity index (χ3n) is 5.92. The molecule has 4 heteroatoms. The maximum Gasteiger partial charge on any atom is 0.226 e. The Hall–Kier alpha value is -0.640. The number of hydrogen-bond donors (Lipinski definition) is 1. The van der Waals surface area contributed by atoms with Crippen LogP contribution in [0.25, 0.3) is 0 Å². The molecule has 4 aliphatic carbocycles. The standard InChI is InChI=1S/C16H26N2OS/c1-9(15(17)20)8-18(2)16(19)14-12-4-10-3-11(6-12)7-13(14)5-10/h9-14H,3-8H2,1-2H3,(H2,17,20). The number of nitrogens with two attached hydrogens (primary N) is 1. The number of carbonyl (C=O) groups is 1. The minimum atomic E-state index is 0.107. The van der Waals surface area contributed by atoms with Crippen LogP contribution in [-0.2, 0) is 4.79 Å². The quantitative estimate of drug-likeness (QED) is 0.810. The zero-order chi connectivity index (χ0) is 14.4. The highest BCUT2D eigenvalue weighted by atomic mass is 32.1. The van der Waals surface area contributed by atoms with Crippen LogP contribution in [-0.4, -0.2) is 29.4 Å². The van der Waals surface area contributed by atoms with E-state index in [1.165, 1.54) is 32.1 Å². The summed E-state index contributed by atoms with van der Waals surface area (Å²) in [6.07, 6.45) is 6.61. The van der Waals surface area contributed by atoms with Gasteiger partial charge in [0.15, 0.2) is 0 Å². The van der Waals surface area contributed by atoms with Gasteiger partial charge in [-0.25, -0.2) is 0 Å². The average Bonchev–Trinajstić information content (AvgIpc) is 2.36. The maximum absolute atomic E-state index is 12.8. The van der Waals surface area contributed by atoms with E-state index in [0.717, 1.165) is 11.8 Å². The van der Waals surface area contributed by atoms with E-state index in [2.05, 4.69) is 0 Å². The minimum Gasteiger partial charge on any atom is -0.393 e. The molecule has 0 aromatic rings. The van der Waals surface area contributed by atoms with Crippen molar-refractivity contribution in [1.29, 1.82) is 0 Å². The van der Waals surface area contributed by atoms with Gasteiger partial charge in [0.05, 0.1) is 4.99 Å². The van der Waals surface area contributed by atoms with Crippen molar-refractivity contribution in [2.24, 2.45) is 41.2 Å². The van der Waals surface area contributed by atoms with E-state index in [1.54, 1.807) is 0 Å². The number of rotatable bonds is 4. The molecule has 0 heterocycles. The summed E-state index contributed by atoms with van der Waals surface area (Å²) in [7, 11) is 1.92. The molecular weight excluding hydrogens is 268 g/mol. The fourth-order valence-corrected chi connectivity index (χ4v) is 5.25. The Morgan fingerprint density at radius 1 is 1.20 bits per heavy atom. The third-order valence-corrected chi connectivity index (χ3v) is 6.32. The lowest BCUT2D eigenvalue weighted by atomic mass is 9.51. The van der Waals surface area contributed by atoms with Crippen LogP contribution in [0.1, 0.15) is 39.0 Å². The Balaban J connectivity index is 1.66. The van der Waals surface area contributed by atoms with Gasteiger partial charge in [0, 0.05) is 25.4 Å². The molecule has 1 atom stereocenters. The lowest BCUT2D eigenvalue weighted by Gasteiger charge is -2.54. The molecule has 4 saturated carbocycles. The smallest absolute Gasteiger partial charge is 0.226 e. The summed E-state index contributed by atoms with van der Waals surface area (Å²) < 4.78 is 0. The van der Waals surface area contributed by atoms with E-state index in [-0.39, 0.29) is 11.8 Å². The number of amides is 1. The molecular formula is C16H26N2OS. The zero-order valence-electron chi connectivity index (χ0n) is 12.5. The number of carbonyl (C=O) groups excluding carboxylic acids is 1. The van der Waals surface area contributed by atoms with E-state index in [0.29, 0.717) is 29.3 Å². The van der Waals surface area contributed by atoms with Crippen LogP contribution in [0.4, 0.5) is 0 Å². The topological polar surface area (TPSA) is 46.3 Å². The van der Waals surface area contributed by atoms with Crippen molar-refractivity contribution in [1.82, 2.24) is 4.90 Å². The van der Waals surface area contributed by atoms with Gasteiger partial charge in [0.1, 0.15) is 0 Å². The van der Waals surface area contributed by atoms with Crippen molar-refractivity contribution in [2.75, 3.05) is 13.6 Å². The third kappa shape index (κ3) is 2.47. The number of nitrogens with zero attached hydrogens (tertiary/aromatic N) is 1. The molecule has 0 saturated heterocycles. The second-order valence-electron chi connectivity index (χ2n) is 7.48. The summed E-state index contributed by atoms with van der Waals surface area (Å²) in [5.41, 5.74) is 5.67. The average molecular weight is 294 g/mol. The Kier molecular flexibility index (Phi) is 3.78. The molecule has 112 valence electrons. The zero-order valence-corrected chi connectivity index (χ0v) is 13.4. The van der Waals surface area contributed by atoms with Crippen molar-refractivity contribution in [2.45, 2.75) is 39.0 Å². The second-order valence-corrected chi connectivity index (χ2v) is 7.95. The molecule has 4 bridgehead atoms. The van der Waals surface area contributed by atoms with Crippen molar-refractivity contribution in [3.05, 3.63) is 0 Å². The Morgan fingerprint density at radius 2 is 1.70 bits per heavy atom.